The Morgan fingerprint density at radius 2 is 1.50 bits per heavy atom. The minimum atomic E-state index is -0.277. The molecule has 1 fully saturated rings. The molecule has 0 radical (unpaired) electrons. The lowest BCUT2D eigenvalue weighted by atomic mass is 9.85. The summed E-state index contributed by atoms with van der Waals surface area (Å²) in [5, 5.41) is 2.92. The summed E-state index contributed by atoms with van der Waals surface area (Å²) >= 11 is 0. The van der Waals surface area contributed by atoms with Crippen LogP contribution in [0.4, 0.5) is 5.69 Å². The van der Waals surface area contributed by atoms with Gasteiger partial charge in [0.15, 0.2) is 11.5 Å². The standard InChI is InChI=1S/C29H31NO6/c1-33-25-12-10-20(16-27(25)35-3)13-22-18-36-29(32)23(22)14-21-9-11-24(26(15-21)34-2)30-28(31)17-19-7-5-4-6-8-19/h4-12,15-16,22-23H,13-14,17-18H2,1-3H3,(H,30,31)/t22-,23+/m0/s1. The number of carbonyl (C=O) groups is 2. The van der Waals surface area contributed by atoms with Crippen LogP contribution in [0.25, 0.3) is 0 Å². The third kappa shape index (κ3) is 5.97. The molecule has 3 aromatic rings. The highest BCUT2D eigenvalue weighted by Gasteiger charge is 2.37. The molecular weight excluding hydrogens is 458 g/mol. The molecule has 7 heteroatoms. The quantitative estimate of drug-likeness (QED) is 0.423. The smallest absolute Gasteiger partial charge is 0.309 e. The molecule has 1 N–H and O–H groups in total. The fraction of sp³-hybridized carbons (Fsp3) is 0.310. The van der Waals surface area contributed by atoms with E-state index in [9.17, 15) is 9.59 Å². The van der Waals surface area contributed by atoms with E-state index >= 15 is 0 Å². The average Bonchev–Trinajstić information content (AvgIpc) is 3.23. The second-order valence-corrected chi connectivity index (χ2v) is 8.84. The summed E-state index contributed by atoms with van der Waals surface area (Å²) in [6, 6.07) is 21.0. The number of methoxy groups -OCH3 is 3. The maximum atomic E-state index is 12.6. The topological polar surface area (TPSA) is 83.1 Å². The zero-order valence-electron chi connectivity index (χ0n) is 20.8. The Kier molecular flexibility index (Phi) is 8.10. The van der Waals surface area contributed by atoms with E-state index in [1.165, 1.54) is 0 Å². The van der Waals surface area contributed by atoms with Gasteiger partial charge in [-0.1, -0.05) is 42.5 Å². The Morgan fingerprint density at radius 1 is 0.833 bits per heavy atom. The zero-order valence-corrected chi connectivity index (χ0v) is 20.8. The van der Waals surface area contributed by atoms with Gasteiger partial charge >= 0.3 is 5.97 Å². The van der Waals surface area contributed by atoms with Crippen molar-refractivity contribution < 1.29 is 28.5 Å². The number of ether oxygens (including phenoxy) is 4. The van der Waals surface area contributed by atoms with Crippen molar-refractivity contribution in [3.63, 3.8) is 0 Å². The number of hydrogen-bond acceptors (Lipinski definition) is 6. The van der Waals surface area contributed by atoms with E-state index in [-0.39, 0.29) is 30.1 Å². The molecule has 0 aromatic heterocycles. The number of carbonyl (C=O) groups excluding carboxylic acids is 2. The first-order valence-electron chi connectivity index (χ1n) is 11.9. The Morgan fingerprint density at radius 3 is 2.22 bits per heavy atom. The maximum absolute atomic E-state index is 12.6. The van der Waals surface area contributed by atoms with Gasteiger partial charge in [0.2, 0.25) is 5.91 Å². The van der Waals surface area contributed by atoms with E-state index < -0.39 is 0 Å². The highest BCUT2D eigenvalue weighted by Crippen LogP contribution is 2.34. The first-order valence-corrected chi connectivity index (χ1v) is 11.9. The Labute approximate surface area is 211 Å². The molecule has 1 saturated heterocycles. The summed E-state index contributed by atoms with van der Waals surface area (Å²) in [5.74, 6) is 1.32. The van der Waals surface area contributed by atoms with Crippen LogP contribution in [0.3, 0.4) is 0 Å². The van der Waals surface area contributed by atoms with Crippen LogP contribution in [0, 0.1) is 11.8 Å². The monoisotopic (exact) mass is 489 g/mol. The number of nitrogens with one attached hydrogen (secondary N) is 1. The highest BCUT2D eigenvalue weighted by atomic mass is 16.5. The van der Waals surface area contributed by atoms with Crippen LogP contribution in [-0.4, -0.2) is 39.8 Å². The molecule has 0 saturated carbocycles. The number of esters is 1. The molecule has 7 nitrogen and oxygen atoms in total. The summed E-state index contributed by atoms with van der Waals surface area (Å²) in [5.41, 5.74) is 3.52. The van der Waals surface area contributed by atoms with E-state index in [0.717, 1.165) is 16.7 Å². The van der Waals surface area contributed by atoms with Crippen molar-refractivity contribution in [2.45, 2.75) is 19.3 Å². The molecule has 2 atom stereocenters. The molecule has 36 heavy (non-hydrogen) atoms. The minimum absolute atomic E-state index is 0.0341. The fourth-order valence-electron chi connectivity index (χ4n) is 4.56. The van der Waals surface area contributed by atoms with E-state index in [1.807, 2.05) is 66.7 Å². The van der Waals surface area contributed by atoms with Gasteiger partial charge in [0, 0.05) is 5.92 Å². The van der Waals surface area contributed by atoms with E-state index in [2.05, 4.69) is 5.32 Å². The van der Waals surface area contributed by atoms with Gasteiger partial charge in [-0.15, -0.1) is 0 Å². The minimum Gasteiger partial charge on any atom is -0.495 e. The summed E-state index contributed by atoms with van der Waals surface area (Å²) in [6.07, 6.45) is 1.48. The van der Waals surface area contributed by atoms with E-state index in [0.29, 0.717) is 42.4 Å². The third-order valence-electron chi connectivity index (χ3n) is 6.46. The van der Waals surface area contributed by atoms with Crippen LogP contribution < -0.4 is 19.5 Å². The summed E-state index contributed by atoms with van der Waals surface area (Å²) in [6.45, 7) is 0.378. The molecule has 3 aromatic carbocycles. The molecule has 0 aliphatic carbocycles. The van der Waals surface area contributed by atoms with Crippen LogP contribution in [-0.2, 0) is 33.6 Å². The fourth-order valence-corrected chi connectivity index (χ4v) is 4.56. The van der Waals surface area contributed by atoms with E-state index in [1.54, 1.807) is 21.3 Å². The molecule has 4 rings (SSSR count). The molecular formula is C29H31NO6. The zero-order chi connectivity index (χ0) is 25.5. The number of benzene rings is 3. The summed E-state index contributed by atoms with van der Waals surface area (Å²) in [7, 11) is 4.77. The van der Waals surface area contributed by atoms with Crippen molar-refractivity contribution in [1.82, 2.24) is 0 Å². The van der Waals surface area contributed by atoms with Gasteiger partial charge in [0.05, 0.1) is 46.0 Å². The first kappa shape index (κ1) is 25.1. The second-order valence-electron chi connectivity index (χ2n) is 8.84. The predicted octanol–water partition coefficient (Wildman–Crippen LogP) is 4.47. The number of rotatable bonds is 10. The first-order chi connectivity index (χ1) is 17.5. The van der Waals surface area contributed by atoms with Crippen molar-refractivity contribution >= 4 is 17.6 Å². The molecule has 0 spiro atoms. The predicted molar refractivity (Wildman–Crippen MR) is 137 cm³/mol. The Balaban J connectivity index is 1.44. The maximum Gasteiger partial charge on any atom is 0.309 e. The molecule has 188 valence electrons. The Bertz CT molecular complexity index is 1210. The van der Waals surface area contributed by atoms with Crippen molar-refractivity contribution in [2.75, 3.05) is 33.3 Å². The SMILES string of the molecule is COc1cc(C[C@H]2C(=O)OC[C@@H]2Cc2ccc(OC)c(OC)c2)ccc1NC(=O)Cc1ccccc1. The average molecular weight is 490 g/mol. The van der Waals surface area contributed by atoms with Gasteiger partial charge in [-0.3, -0.25) is 9.59 Å². The number of anilines is 1. The number of hydrogen-bond donors (Lipinski definition) is 1. The number of amides is 1. The van der Waals surface area contributed by atoms with Crippen molar-refractivity contribution in [1.29, 1.82) is 0 Å². The lowest BCUT2D eigenvalue weighted by Gasteiger charge is -2.18. The Hall–Kier alpha value is -4.00. The van der Waals surface area contributed by atoms with Crippen molar-refractivity contribution in [2.24, 2.45) is 11.8 Å². The van der Waals surface area contributed by atoms with Gasteiger partial charge in [-0.25, -0.2) is 0 Å². The van der Waals surface area contributed by atoms with Crippen molar-refractivity contribution in [3.05, 3.63) is 83.4 Å². The molecule has 1 aliphatic rings. The van der Waals surface area contributed by atoms with Gasteiger partial charge in [0.1, 0.15) is 5.75 Å². The van der Waals surface area contributed by atoms with Gasteiger partial charge in [-0.05, 0) is 53.8 Å². The van der Waals surface area contributed by atoms with Crippen LogP contribution in [0.1, 0.15) is 16.7 Å². The molecule has 1 aliphatic heterocycles. The largest absolute Gasteiger partial charge is 0.495 e. The molecule has 1 amide bonds. The van der Waals surface area contributed by atoms with Crippen molar-refractivity contribution in [3.8, 4) is 17.2 Å². The highest BCUT2D eigenvalue weighted by molar-refractivity contribution is 5.93. The van der Waals surface area contributed by atoms with Crippen LogP contribution in [0.2, 0.25) is 0 Å². The molecule has 1 heterocycles. The van der Waals surface area contributed by atoms with Gasteiger partial charge in [0.25, 0.3) is 0 Å². The lowest BCUT2D eigenvalue weighted by molar-refractivity contribution is -0.141. The van der Waals surface area contributed by atoms with Gasteiger partial charge in [-0.2, -0.15) is 0 Å². The second kappa shape index (κ2) is 11.6. The van der Waals surface area contributed by atoms with Crippen LogP contribution in [0.5, 0.6) is 17.2 Å². The van der Waals surface area contributed by atoms with Crippen LogP contribution >= 0.6 is 0 Å². The van der Waals surface area contributed by atoms with E-state index in [4.69, 9.17) is 18.9 Å². The van der Waals surface area contributed by atoms with Gasteiger partial charge < -0.3 is 24.3 Å². The lowest BCUT2D eigenvalue weighted by Crippen LogP contribution is -2.21. The molecule has 0 bridgehead atoms. The van der Waals surface area contributed by atoms with Crippen LogP contribution in [0.15, 0.2) is 66.7 Å². The third-order valence-corrected chi connectivity index (χ3v) is 6.46. The molecule has 0 unspecified atom stereocenters. The normalized spacial score (nSPS) is 16.8. The number of cyclic esters (lactones) is 1. The summed E-state index contributed by atoms with van der Waals surface area (Å²) in [4.78, 5) is 25.1. The summed E-state index contributed by atoms with van der Waals surface area (Å²) < 4.78 is 21.7.